The molecule has 3 aliphatic rings. The van der Waals surface area contributed by atoms with E-state index in [9.17, 15) is 4.79 Å². The Morgan fingerprint density at radius 2 is 1.92 bits per heavy atom. The third-order valence-corrected chi connectivity index (χ3v) is 7.44. The second-order valence-corrected chi connectivity index (χ2v) is 9.60. The number of nitrogens with one attached hydrogen (secondary N) is 2. The van der Waals surface area contributed by atoms with E-state index in [-0.39, 0.29) is 11.9 Å². The fraction of sp³-hybridized carbons (Fsp3) is 0.593. The van der Waals surface area contributed by atoms with Crippen molar-refractivity contribution in [2.45, 2.75) is 45.1 Å². The number of ether oxygens (including phenoxy) is 2. The number of pyridine rings is 1. The van der Waals surface area contributed by atoms with E-state index in [1.165, 1.54) is 0 Å². The van der Waals surface area contributed by atoms with Crippen LogP contribution in [0.1, 0.15) is 55.1 Å². The summed E-state index contributed by atoms with van der Waals surface area (Å²) in [5, 5.41) is 19.4. The Bertz CT molecular complexity index is 1080. The van der Waals surface area contributed by atoms with Gasteiger partial charge in [-0.15, -0.1) is 0 Å². The highest BCUT2D eigenvalue weighted by atomic mass is 16.5. The third kappa shape index (κ3) is 6.46. The van der Waals surface area contributed by atoms with E-state index >= 15 is 0 Å². The van der Waals surface area contributed by atoms with E-state index in [2.05, 4.69) is 30.1 Å². The first-order valence-corrected chi connectivity index (χ1v) is 13.5. The maximum Gasteiger partial charge on any atom is 0.318 e. The van der Waals surface area contributed by atoms with E-state index in [4.69, 9.17) is 20.0 Å². The Balaban J connectivity index is 0.00000164. The van der Waals surface area contributed by atoms with Crippen molar-refractivity contribution < 1.29 is 19.4 Å². The van der Waals surface area contributed by atoms with E-state index in [0.717, 1.165) is 96.1 Å². The molecule has 2 aliphatic heterocycles. The molecule has 5 rings (SSSR count). The molecule has 0 spiro atoms. The lowest BCUT2D eigenvalue weighted by Gasteiger charge is -2.41. The van der Waals surface area contributed by atoms with Gasteiger partial charge in [-0.25, -0.2) is 9.97 Å². The van der Waals surface area contributed by atoms with Crippen molar-refractivity contribution in [2.75, 3.05) is 63.3 Å². The molecule has 0 aromatic carbocycles. The summed E-state index contributed by atoms with van der Waals surface area (Å²) >= 11 is 0. The van der Waals surface area contributed by atoms with Crippen LogP contribution in [0.5, 0.6) is 6.01 Å². The van der Waals surface area contributed by atoms with E-state index in [1.807, 2.05) is 13.0 Å². The topological polar surface area (TPSA) is 137 Å². The van der Waals surface area contributed by atoms with Gasteiger partial charge in [-0.2, -0.15) is 4.98 Å². The van der Waals surface area contributed by atoms with Crippen molar-refractivity contribution in [1.82, 2.24) is 19.9 Å². The van der Waals surface area contributed by atoms with Gasteiger partial charge in [0.25, 0.3) is 0 Å². The second kappa shape index (κ2) is 13.6. The first kappa shape index (κ1) is 27.9. The predicted octanol–water partition coefficient (Wildman–Crippen LogP) is 2.90. The lowest BCUT2D eigenvalue weighted by atomic mass is 9.79. The normalized spacial score (nSPS) is 18.7. The molecular weight excluding hydrogens is 486 g/mol. The molecular formula is C27H39N7O4. The summed E-state index contributed by atoms with van der Waals surface area (Å²) in [5.41, 5.74) is 2.60. The van der Waals surface area contributed by atoms with Gasteiger partial charge in [0.05, 0.1) is 31.1 Å². The SMILES string of the molecule is CCOc1nccc(Nc2nc(C=O)cc(N3CCC(N4CCOCC4)CC3)c2C(=N)C2CCC2)n1.CO. The number of aldehydes is 1. The van der Waals surface area contributed by atoms with Crippen molar-refractivity contribution in [3.05, 3.63) is 29.6 Å². The number of carbonyl (C=O) groups is 1. The van der Waals surface area contributed by atoms with Gasteiger partial charge < -0.3 is 30.2 Å². The van der Waals surface area contributed by atoms with E-state index in [0.29, 0.717) is 35.7 Å². The first-order valence-electron chi connectivity index (χ1n) is 13.5. The summed E-state index contributed by atoms with van der Waals surface area (Å²) in [7, 11) is 1.00. The smallest absolute Gasteiger partial charge is 0.318 e. The molecule has 0 radical (unpaired) electrons. The Morgan fingerprint density at radius 1 is 1.18 bits per heavy atom. The minimum atomic E-state index is 0.212. The molecule has 2 aromatic heterocycles. The van der Waals surface area contributed by atoms with Crippen LogP contribution in [0.2, 0.25) is 0 Å². The molecule has 3 N–H and O–H groups in total. The Morgan fingerprint density at radius 3 is 2.55 bits per heavy atom. The average molecular weight is 526 g/mol. The van der Waals surface area contributed by atoms with E-state index in [1.54, 1.807) is 12.3 Å². The summed E-state index contributed by atoms with van der Waals surface area (Å²) < 4.78 is 11.0. The van der Waals surface area contributed by atoms with Crippen LogP contribution in [0.3, 0.4) is 0 Å². The van der Waals surface area contributed by atoms with Gasteiger partial charge in [-0.05, 0) is 44.7 Å². The van der Waals surface area contributed by atoms with Crippen molar-refractivity contribution in [2.24, 2.45) is 5.92 Å². The molecule has 206 valence electrons. The van der Waals surface area contributed by atoms with Gasteiger partial charge in [-0.3, -0.25) is 9.69 Å². The van der Waals surface area contributed by atoms with Crippen LogP contribution < -0.4 is 15.0 Å². The van der Waals surface area contributed by atoms with Crippen molar-refractivity contribution in [3.63, 3.8) is 0 Å². The Kier molecular flexibility index (Phi) is 9.97. The van der Waals surface area contributed by atoms with Crippen LogP contribution in [0.25, 0.3) is 0 Å². The highest BCUT2D eigenvalue weighted by Crippen LogP contribution is 2.38. The maximum absolute atomic E-state index is 11.9. The van der Waals surface area contributed by atoms with Gasteiger partial charge in [-0.1, -0.05) is 6.42 Å². The Labute approximate surface area is 224 Å². The number of aliphatic hydroxyl groups is 1. The number of piperidine rings is 1. The maximum atomic E-state index is 11.9. The van der Waals surface area contributed by atoms with Crippen LogP contribution >= 0.6 is 0 Å². The predicted molar refractivity (Wildman–Crippen MR) is 146 cm³/mol. The summed E-state index contributed by atoms with van der Waals surface area (Å²) in [6.45, 7) is 7.67. The second-order valence-electron chi connectivity index (χ2n) is 9.60. The molecule has 3 fully saturated rings. The number of aromatic nitrogens is 3. The zero-order valence-electron chi connectivity index (χ0n) is 22.4. The molecule has 0 amide bonds. The highest BCUT2D eigenvalue weighted by Gasteiger charge is 2.32. The van der Waals surface area contributed by atoms with Crippen LogP contribution in [0, 0.1) is 11.3 Å². The van der Waals surface area contributed by atoms with Crippen molar-refractivity contribution in [3.8, 4) is 6.01 Å². The first-order chi connectivity index (χ1) is 18.7. The van der Waals surface area contributed by atoms with Gasteiger partial charge in [0.15, 0.2) is 6.29 Å². The molecule has 1 aliphatic carbocycles. The van der Waals surface area contributed by atoms with Gasteiger partial charge in [0.1, 0.15) is 17.3 Å². The van der Waals surface area contributed by atoms with Crippen LogP contribution in [-0.2, 0) is 4.74 Å². The summed E-state index contributed by atoms with van der Waals surface area (Å²) in [4.78, 5) is 29.9. The van der Waals surface area contributed by atoms with Crippen molar-refractivity contribution in [1.29, 1.82) is 5.41 Å². The number of nitrogens with zero attached hydrogens (tertiary/aromatic N) is 5. The minimum absolute atomic E-state index is 0.212. The molecule has 11 nitrogen and oxygen atoms in total. The summed E-state index contributed by atoms with van der Waals surface area (Å²) in [6.07, 6.45) is 7.64. The fourth-order valence-corrected chi connectivity index (χ4v) is 5.26. The largest absolute Gasteiger partial charge is 0.464 e. The molecule has 4 heterocycles. The number of hydrogen-bond donors (Lipinski definition) is 3. The highest BCUT2D eigenvalue weighted by molar-refractivity contribution is 6.09. The van der Waals surface area contributed by atoms with Crippen LogP contribution in [0.15, 0.2) is 18.3 Å². The molecule has 11 heteroatoms. The third-order valence-electron chi connectivity index (χ3n) is 7.44. The van der Waals surface area contributed by atoms with Crippen molar-refractivity contribution >= 4 is 29.3 Å². The minimum Gasteiger partial charge on any atom is -0.464 e. The summed E-state index contributed by atoms with van der Waals surface area (Å²) in [5.74, 6) is 1.22. The molecule has 1 saturated carbocycles. The lowest BCUT2D eigenvalue weighted by molar-refractivity contribution is 0.0115. The Hall–Kier alpha value is -3.15. The molecule has 38 heavy (non-hydrogen) atoms. The fourth-order valence-electron chi connectivity index (χ4n) is 5.26. The number of rotatable bonds is 9. The standard InChI is InChI=1S/C26H35N7O3.CH4O/c1-2-36-26-28-9-6-22(31-26)30-25-23(24(27)18-4-3-5-18)21(16-19(17-34)29-25)33-10-7-20(8-11-33)32-12-14-35-15-13-32;1-2/h6,9,16-18,20,27H,2-5,7-8,10-15H2,1H3,(H,28,29,30,31);2H,1H3. The van der Waals surface area contributed by atoms with Crippen LogP contribution in [-0.4, -0.2) is 96.1 Å². The van der Waals surface area contributed by atoms with E-state index < -0.39 is 0 Å². The van der Waals surface area contributed by atoms with Crippen LogP contribution in [0.4, 0.5) is 17.3 Å². The van der Waals surface area contributed by atoms with Gasteiger partial charge in [0.2, 0.25) is 0 Å². The number of morpholine rings is 1. The molecule has 2 aromatic rings. The number of carbonyl (C=O) groups excluding carboxylic acids is 1. The molecule has 2 saturated heterocycles. The summed E-state index contributed by atoms with van der Waals surface area (Å²) in [6, 6.07) is 4.40. The zero-order chi connectivity index (χ0) is 26.9. The number of anilines is 3. The van der Waals surface area contributed by atoms with Gasteiger partial charge in [0, 0.05) is 57.2 Å². The van der Waals surface area contributed by atoms with Gasteiger partial charge >= 0.3 is 6.01 Å². The number of aliphatic hydroxyl groups excluding tert-OH is 1. The molecule has 0 atom stereocenters. The zero-order valence-corrected chi connectivity index (χ0v) is 22.4. The monoisotopic (exact) mass is 525 g/mol. The average Bonchev–Trinajstić information content (AvgIpc) is 2.93. The number of hydrogen-bond acceptors (Lipinski definition) is 11. The molecule has 0 unspecified atom stereocenters. The quantitative estimate of drug-likeness (QED) is 0.331. The lowest BCUT2D eigenvalue weighted by Crippen LogP contribution is -2.49. The molecule has 0 bridgehead atoms.